The van der Waals surface area contributed by atoms with Crippen molar-refractivity contribution in [2.75, 3.05) is 0 Å². The average Bonchev–Trinajstić information content (AvgIpc) is 2.98. The van der Waals surface area contributed by atoms with Gasteiger partial charge in [-0.25, -0.2) is 9.79 Å². The summed E-state index contributed by atoms with van der Waals surface area (Å²) in [4.78, 5) is 21.3. The molecule has 0 N–H and O–H groups in total. The van der Waals surface area contributed by atoms with Crippen LogP contribution in [0.4, 0.5) is 0 Å². The van der Waals surface area contributed by atoms with Gasteiger partial charge in [0.15, 0.2) is 5.70 Å². The van der Waals surface area contributed by atoms with Crippen molar-refractivity contribution in [1.29, 1.82) is 0 Å². The molecule has 2 aliphatic rings. The Morgan fingerprint density at radius 3 is 3.11 bits per heavy atom. The van der Waals surface area contributed by atoms with Gasteiger partial charge in [0.1, 0.15) is 0 Å². The number of esters is 1. The van der Waals surface area contributed by atoms with Crippen molar-refractivity contribution in [2.45, 2.75) is 18.6 Å². The average molecular weight is 272 g/mol. The second-order valence-corrected chi connectivity index (χ2v) is 5.76. The molecule has 3 heterocycles. The van der Waals surface area contributed by atoms with Crippen molar-refractivity contribution in [2.24, 2.45) is 4.99 Å². The topological polar surface area (TPSA) is 51.5 Å². The van der Waals surface area contributed by atoms with Crippen LogP contribution in [0.15, 0.2) is 46.2 Å². The van der Waals surface area contributed by atoms with Crippen LogP contribution in [0.1, 0.15) is 18.9 Å². The molecule has 1 atom stereocenters. The Bertz CT molecular complexity index is 605. The summed E-state index contributed by atoms with van der Waals surface area (Å²) in [5, 5.41) is 0.128. The first-order valence-electron chi connectivity index (χ1n) is 5.98. The van der Waals surface area contributed by atoms with Crippen LogP contribution in [0.5, 0.6) is 0 Å². The molecule has 0 radical (unpaired) electrons. The molecule has 3 rings (SSSR count). The third-order valence-corrected chi connectivity index (χ3v) is 4.06. The van der Waals surface area contributed by atoms with Gasteiger partial charge in [0.05, 0.1) is 5.25 Å². The molecule has 0 saturated heterocycles. The van der Waals surface area contributed by atoms with Crippen molar-refractivity contribution in [3.05, 3.63) is 46.8 Å². The third kappa shape index (κ3) is 2.61. The fourth-order valence-electron chi connectivity index (χ4n) is 1.93. The summed E-state index contributed by atoms with van der Waals surface area (Å²) in [6, 6.07) is 3.69. The van der Waals surface area contributed by atoms with Gasteiger partial charge in [-0.05, 0) is 36.0 Å². The number of ether oxygens (including phenoxy) is 1. The number of hydrogen-bond acceptors (Lipinski definition) is 5. The molecule has 2 aliphatic heterocycles. The van der Waals surface area contributed by atoms with E-state index in [-0.39, 0.29) is 11.2 Å². The van der Waals surface area contributed by atoms with Crippen LogP contribution in [0, 0.1) is 0 Å². The first kappa shape index (κ1) is 12.2. The number of cyclic esters (lactones) is 1. The number of carbonyl (C=O) groups is 1. The zero-order chi connectivity index (χ0) is 13.2. The molecule has 0 amide bonds. The fourth-order valence-corrected chi connectivity index (χ4v) is 2.96. The molecule has 1 aromatic rings. The standard InChI is InChI=1S/C14H12N2O2S/c1-9-4-5-12(19-9)13-16-11(14(17)18-13)7-10-3-2-6-15-8-10/h2-4,6-8,12H,5H2,1H3/b11-7-. The minimum Gasteiger partial charge on any atom is -0.406 e. The second kappa shape index (κ2) is 5.01. The smallest absolute Gasteiger partial charge is 0.363 e. The lowest BCUT2D eigenvalue weighted by Gasteiger charge is -2.06. The minimum absolute atomic E-state index is 0.128. The maximum Gasteiger partial charge on any atom is 0.363 e. The number of carbonyl (C=O) groups excluding carboxylic acids is 1. The predicted molar refractivity (Wildman–Crippen MR) is 75.5 cm³/mol. The van der Waals surface area contributed by atoms with Crippen LogP contribution < -0.4 is 0 Å². The lowest BCUT2D eigenvalue weighted by Crippen LogP contribution is -2.16. The second-order valence-electron chi connectivity index (χ2n) is 4.31. The highest BCUT2D eigenvalue weighted by Gasteiger charge is 2.31. The van der Waals surface area contributed by atoms with Crippen LogP contribution >= 0.6 is 11.8 Å². The molecule has 0 saturated carbocycles. The Hall–Kier alpha value is -1.88. The van der Waals surface area contributed by atoms with Gasteiger partial charge in [-0.1, -0.05) is 12.1 Å². The first-order valence-corrected chi connectivity index (χ1v) is 6.86. The van der Waals surface area contributed by atoms with Crippen molar-refractivity contribution >= 4 is 29.7 Å². The van der Waals surface area contributed by atoms with Crippen molar-refractivity contribution in [3.8, 4) is 0 Å². The summed E-state index contributed by atoms with van der Waals surface area (Å²) >= 11 is 1.69. The lowest BCUT2D eigenvalue weighted by molar-refractivity contribution is -0.130. The maximum absolute atomic E-state index is 11.8. The number of pyridine rings is 1. The summed E-state index contributed by atoms with van der Waals surface area (Å²) in [6.45, 7) is 2.05. The van der Waals surface area contributed by atoms with E-state index in [9.17, 15) is 4.79 Å². The van der Waals surface area contributed by atoms with E-state index >= 15 is 0 Å². The molecule has 4 nitrogen and oxygen atoms in total. The Morgan fingerprint density at radius 2 is 2.42 bits per heavy atom. The Kier molecular flexibility index (Phi) is 3.21. The minimum atomic E-state index is -0.385. The van der Waals surface area contributed by atoms with Gasteiger partial charge >= 0.3 is 5.97 Å². The molecule has 0 bridgehead atoms. The van der Waals surface area contributed by atoms with Crippen molar-refractivity contribution in [1.82, 2.24) is 4.98 Å². The monoisotopic (exact) mass is 272 g/mol. The maximum atomic E-state index is 11.8. The van der Waals surface area contributed by atoms with E-state index in [1.54, 1.807) is 30.2 Å². The highest BCUT2D eigenvalue weighted by molar-refractivity contribution is 8.04. The summed E-state index contributed by atoms with van der Waals surface area (Å²) < 4.78 is 5.25. The van der Waals surface area contributed by atoms with E-state index in [4.69, 9.17) is 4.74 Å². The van der Waals surface area contributed by atoms with Gasteiger partial charge in [-0.3, -0.25) is 4.98 Å². The Labute approximate surface area is 115 Å². The fraction of sp³-hybridized carbons (Fsp3) is 0.214. The van der Waals surface area contributed by atoms with Crippen molar-refractivity contribution in [3.63, 3.8) is 0 Å². The molecule has 5 heteroatoms. The Balaban J connectivity index is 1.82. The lowest BCUT2D eigenvalue weighted by atomic mass is 10.2. The van der Waals surface area contributed by atoms with E-state index in [2.05, 4.69) is 16.1 Å². The molecular formula is C14H12N2O2S. The molecule has 96 valence electrons. The zero-order valence-electron chi connectivity index (χ0n) is 10.4. The van der Waals surface area contributed by atoms with E-state index < -0.39 is 0 Å². The van der Waals surface area contributed by atoms with E-state index in [1.807, 2.05) is 19.1 Å². The van der Waals surface area contributed by atoms with Crippen LogP contribution in [0.2, 0.25) is 0 Å². The SMILES string of the molecule is CC1=CCC(C2=N/C(=C\c3cccnc3)C(=O)O2)S1. The number of rotatable bonds is 2. The first-order chi connectivity index (χ1) is 9.22. The van der Waals surface area contributed by atoms with Crippen molar-refractivity contribution < 1.29 is 9.53 Å². The predicted octanol–water partition coefficient (Wildman–Crippen LogP) is 2.79. The van der Waals surface area contributed by atoms with E-state index in [1.165, 1.54) is 4.91 Å². The normalized spacial score (nSPS) is 24.4. The Morgan fingerprint density at radius 1 is 1.53 bits per heavy atom. The number of nitrogens with zero attached hydrogens (tertiary/aromatic N) is 2. The third-order valence-electron chi connectivity index (χ3n) is 2.85. The molecular weight excluding hydrogens is 260 g/mol. The van der Waals surface area contributed by atoms with Gasteiger partial charge in [-0.15, -0.1) is 11.8 Å². The van der Waals surface area contributed by atoms with Gasteiger partial charge < -0.3 is 4.74 Å². The number of hydrogen-bond donors (Lipinski definition) is 0. The molecule has 19 heavy (non-hydrogen) atoms. The number of allylic oxidation sites excluding steroid dienone is 2. The summed E-state index contributed by atoms with van der Waals surface area (Å²) in [5.41, 5.74) is 1.18. The number of thioether (sulfide) groups is 1. The molecule has 0 spiro atoms. The molecule has 0 aromatic carbocycles. The number of aliphatic imine (C=N–C) groups is 1. The molecule has 0 fully saturated rings. The quantitative estimate of drug-likeness (QED) is 0.613. The van der Waals surface area contributed by atoms with Crippen LogP contribution in [-0.4, -0.2) is 22.1 Å². The van der Waals surface area contributed by atoms with Crippen LogP contribution in [-0.2, 0) is 9.53 Å². The molecule has 1 aromatic heterocycles. The van der Waals surface area contributed by atoms with E-state index in [0.29, 0.717) is 11.6 Å². The van der Waals surface area contributed by atoms with Gasteiger partial charge in [0, 0.05) is 12.4 Å². The summed E-state index contributed by atoms with van der Waals surface area (Å²) in [5.74, 6) is 0.127. The largest absolute Gasteiger partial charge is 0.406 e. The van der Waals surface area contributed by atoms with Gasteiger partial charge in [-0.2, -0.15) is 0 Å². The van der Waals surface area contributed by atoms with E-state index in [0.717, 1.165) is 12.0 Å². The highest BCUT2D eigenvalue weighted by atomic mass is 32.2. The summed E-state index contributed by atoms with van der Waals surface area (Å²) in [7, 11) is 0. The van der Waals surface area contributed by atoms with Gasteiger partial charge in [0.2, 0.25) is 5.90 Å². The highest BCUT2D eigenvalue weighted by Crippen LogP contribution is 2.34. The molecule has 0 aliphatic carbocycles. The summed E-state index contributed by atoms with van der Waals surface area (Å²) in [6.07, 6.45) is 8.07. The zero-order valence-corrected chi connectivity index (χ0v) is 11.2. The van der Waals surface area contributed by atoms with Crippen LogP contribution in [0.25, 0.3) is 6.08 Å². The molecule has 1 unspecified atom stereocenters. The number of aromatic nitrogens is 1. The van der Waals surface area contributed by atoms with Crippen LogP contribution in [0.3, 0.4) is 0 Å². The van der Waals surface area contributed by atoms with Gasteiger partial charge in [0.25, 0.3) is 0 Å².